The van der Waals surface area contributed by atoms with Gasteiger partial charge in [-0.1, -0.05) is 28.9 Å². The minimum Gasteiger partial charge on any atom is -0.496 e. The zero-order valence-corrected chi connectivity index (χ0v) is 12.9. The molecule has 18 heavy (non-hydrogen) atoms. The molecule has 0 aliphatic carbocycles. The topological polar surface area (TPSA) is 21.3 Å². The summed E-state index contributed by atoms with van der Waals surface area (Å²) >= 11 is 5.36. The summed E-state index contributed by atoms with van der Waals surface area (Å²) < 4.78 is 6.78. The Labute approximate surface area is 121 Å². The maximum absolute atomic E-state index is 5.66. The van der Waals surface area contributed by atoms with Crippen molar-refractivity contribution in [3.63, 3.8) is 0 Å². The molecule has 2 nitrogen and oxygen atoms in total. The lowest BCUT2D eigenvalue weighted by Crippen LogP contribution is -2.33. The average molecular weight is 328 g/mol. The summed E-state index contributed by atoms with van der Waals surface area (Å²) in [6, 6.07) is 8.73. The molecule has 2 rings (SSSR count). The number of hydrogen-bond acceptors (Lipinski definition) is 3. The van der Waals surface area contributed by atoms with Crippen LogP contribution in [0.5, 0.6) is 0 Å². The third-order valence-electron chi connectivity index (χ3n) is 2.74. The van der Waals surface area contributed by atoms with E-state index in [1.807, 2.05) is 11.8 Å². The van der Waals surface area contributed by atoms with Gasteiger partial charge >= 0.3 is 0 Å². The van der Waals surface area contributed by atoms with Crippen LogP contribution in [0.4, 0.5) is 0 Å². The Morgan fingerprint density at radius 2 is 2.39 bits per heavy atom. The monoisotopic (exact) mass is 327 g/mol. The highest BCUT2D eigenvalue weighted by Crippen LogP contribution is 2.25. The lowest BCUT2D eigenvalue weighted by atomic mass is 10.2. The van der Waals surface area contributed by atoms with Crippen molar-refractivity contribution in [2.75, 3.05) is 18.9 Å². The molecule has 1 aromatic carbocycles. The quantitative estimate of drug-likeness (QED) is 0.802. The molecule has 1 aliphatic heterocycles. The Morgan fingerprint density at radius 3 is 3.06 bits per heavy atom. The first-order valence-corrected chi connectivity index (χ1v) is 8.02. The Kier molecular flexibility index (Phi) is 5.60. The van der Waals surface area contributed by atoms with Gasteiger partial charge < -0.3 is 10.1 Å². The highest BCUT2D eigenvalue weighted by Gasteiger charge is 2.18. The van der Waals surface area contributed by atoms with E-state index in [1.54, 1.807) is 0 Å². The van der Waals surface area contributed by atoms with Gasteiger partial charge in [0.15, 0.2) is 0 Å². The van der Waals surface area contributed by atoms with Gasteiger partial charge in [0, 0.05) is 21.5 Å². The Balaban J connectivity index is 1.93. The lowest BCUT2D eigenvalue weighted by molar-refractivity contribution is 0.220. The SMILES string of the molecule is CCNC(CSc1cccc(Br)c1)C1=CCCO1. The van der Waals surface area contributed by atoms with E-state index in [2.05, 4.69) is 58.5 Å². The van der Waals surface area contributed by atoms with Crippen LogP contribution in [-0.4, -0.2) is 24.9 Å². The molecule has 0 spiro atoms. The van der Waals surface area contributed by atoms with Gasteiger partial charge in [0.2, 0.25) is 0 Å². The summed E-state index contributed by atoms with van der Waals surface area (Å²) in [6.45, 7) is 3.93. The molecule has 4 heteroatoms. The fourth-order valence-corrected chi connectivity index (χ4v) is 3.48. The molecule has 0 radical (unpaired) electrons. The first-order valence-electron chi connectivity index (χ1n) is 6.24. The molecule has 0 bridgehead atoms. The van der Waals surface area contributed by atoms with Crippen molar-refractivity contribution in [1.82, 2.24) is 5.32 Å². The summed E-state index contributed by atoms with van der Waals surface area (Å²) in [7, 11) is 0. The number of ether oxygens (including phenoxy) is 1. The standard InChI is InChI=1S/C14H18BrNOS/c1-2-16-13(14-7-4-8-17-14)10-18-12-6-3-5-11(15)9-12/h3,5-7,9,13,16H,2,4,8,10H2,1H3. The van der Waals surface area contributed by atoms with Gasteiger partial charge in [-0.2, -0.15) is 0 Å². The van der Waals surface area contributed by atoms with Crippen LogP contribution in [0.25, 0.3) is 0 Å². The van der Waals surface area contributed by atoms with Crippen LogP contribution in [0.3, 0.4) is 0 Å². The molecule has 1 aliphatic rings. The van der Waals surface area contributed by atoms with Crippen LogP contribution in [0, 0.1) is 0 Å². The van der Waals surface area contributed by atoms with Crippen LogP contribution < -0.4 is 5.32 Å². The molecule has 0 amide bonds. The van der Waals surface area contributed by atoms with Crippen LogP contribution >= 0.6 is 27.7 Å². The van der Waals surface area contributed by atoms with Crippen LogP contribution in [0.15, 0.2) is 45.5 Å². The fraction of sp³-hybridized carbons (Fsp3) is 0.429. The van der Waals surface area contributed by atoms with E-state index in [9.17, 15) is 0 Å². The van der Waals surface area contributed by atoms with Crippen molar-refractivity contribution in [3.05, 3.63) is 40.6 Å². The van der Waals surface area contributed by atoms with Crippen LogP contribution in [-0.2, 0) is 4.74 Å². The van der Waals surface area contributed by atoms with Crippen molar-refractivity contribution < 1.29 is 4.74 Å². The van der Waals surface area contributed by atoms with Crippen molar-refractivity contribution in [2.45, 2.75) is 24.3 Å². The summed E-state index contributed by atoms with van der Waals surface area (Å²) in [4.78, 5) is 1.28. The lowest BCUT2D eigenvalue weighted by Gasteiger charge is -2.18. The normalized spacial score (nSPS) is 16.2. The van der Waals surface area contributed by atoms with Crippen LogP contribution in [0.1, 0.15) is 13.3 Å². The summed E-state index contributed by atoms with van der Waals surface area (Å²) in [6.07, 6.45) is 3.24. The zero-order valence-electron chi connectivity index (χ0n) is 10.5. The van der Waals surface area contributed by atoms with E-state index in [0.717, 1.165) is 35.6 Å². The van der Waals surface area contributed by atoms with E-state index in [0.29, 0.717) is 6.04 Å². The Hall–Kier alpha value is -0.450. The second kappa shape index (κ2) is 7.22. The summed E-state index contributed by atoms with van der Waals surface area (Å²) in [5.41, 5.74) is 0. The van der Waals surface area contributed by atoms with Gasteiger partial charge in [-0.15, -0.1) is 11.8 Å². The van der Waals surface area contributed by atoms with Gasteiger partial charge in [0.25, 0.3) is 0 Å². The number of thioether (sulfide) groups is 1. The molecule has 0 aromatic heterocycles. The molecule has 0 saturated carbocycles. The maximum atomic E-state index is 5.66. The molecule has 1 atom stereocenters. The van der Waals surface area contributed by atoms with Crippen molar-refractivity contribution in [1.29, 1.82) is 0 Å². The predicted octanol–water partition coefficient (Wildman–Crippen LogP) is 3.82. The Bertz CT molecular complexity index is 422. The van der Waals surface area contributed by atoms with Gasteiger partial charge in [-0.3, -0.25) is 0 Å². The van der Waals surface area contributed by atoms with Crippen molar-refractivity contribution in [3.8, 4) is 0 Å². The first kappa shape index (κ1) is 14.0. The first-order chi connectivity index (χ1) is 8.79. The second-order valence-corrected chi connectivity index (χ2v) is 6.13. The molecule has 1 heterocycles. The highest BCUT2D eigenvalue weighted by molar-refractivity contribution is 9.10. The molecule has 1 N–H and O–H groups in total. The number of hydrogen-bond donors (Lipinski definition) is 1. The maximum Gasteiger partial charge on any atom is 0.110 e. The van der Waals surface area contributed by atoms with Crippen molar-refractivity contribution >= 4 is 27.7 Å². The van der Waals surface area contributed by atoms with E-state index in [1.165, 1.54) is 4.90 Å². The second-order valence-electron chi connectivity index (χ2n) is 4.12. The van der Waals surface area contributed by atoms with E-state index < -0.39 is 0 Å². The third kappa shape index (κ3) is 4.04. The van der Waals surface area contributed by atoms with Crippen molar-refractivity contribution in [2.24, 2.45) is 0 Å². The number of benzene rings is 1. The van der Waals surface area contributed by atoms with Crippen LogP contribution in [0.2, 0.25) is 0 Å². The number of halogens is 1. The molecular formula is C14H18BrNOS. The van der Waals surface area contributed by atoms with Gasteiger partial charge in [-0.05, 0) is 30.8 Å². The molecule has 0 saturated heterocycles. The number of nitrogens with one attached hydrogen (secondary N) is 1. The predicted molar refractivity (Wildman–Crippen MR) is 81.0 cm³/mol. The minimum atomic E-state index is 0.321. The van der Waals surface area contributed by atoms with E-state index in [4.69, 9.17) is 4.74 Å². The zero-order chi connectivity index (χ0) is 12.8. The fourth-order valence-electron chi connectivity index (χ4n) is 1.90. The van der Waals surface area contributed by atoms with E-state index in [-0.39, 0.29) is 0 Å². The van der Waals surface area contributed by atoms with E-state index >= 15 is 0 Å². The molecular weight excluding hydrogens is 310 g/mol. The highest BCUT2D eigenvalue weighted by atomic mass is 79.9. The smallest absolute Gasteiger partial charge is 0.110 e. The minimum absolute atomic E-state index is 0.321. The third-order valence-corrected chi connectivity index (χ3v) is 4.32. The largest absolute Gasteiger partial charge is 0.496 e. The number of rotatable bonds is 6. The van der Waals surface area contributed by atoms with Gasteiger partial charge in [0.05, 0.1) is 12.6 Å². The molecule has 1 aromatic rings. The molecule has 1 unspecified atom stereocenters. The van der Waals surface area contributed by atoms with Gasteiger partial charge in [0.1, 0.15) is 5.76 Å². The average Bonchev–Trinajstić information content (AvgIpc) is 2.88. The summed E-state index contributed by atoms with van der Waals surface area (Å²) in [5.74, 6) is 2.11. The molecule has 98 valence electrons. The van der Waals surface area contributed by atoms with Gasteiger partial charge in [-0.25, -0.2) is 0 Å². The molecule has 0 fully saturated rings. The number of likely N-dealkylation sites (N-methyl/N-ethyl adjacent to an activating group) is 1. The Morgan fingerprint density at radius 1 is 1.50 bits per heavy atom. The summed E-state index contributed by atoms with van der Waals surface area (Å²) in [5, 5.41) is 3.48.